The van der Waals surface area contributed by atoms with Crippen LogP contribution in [0.15, 0.2) is 44.6 Å². The predicted octanol–water partition coefficient (Wildman–Crippen LogP) is 4.36. The van der Waals surface area contributed by atoms with E-state index in [9.17, 15) is 9.59 Å². The quantitative estimate of drug-likeness (QED) is 0.785. The van der Waals surface area contributed by atoms with Crippen molar-refractivity contribution in [1.29, 1.82) is 0 Å². The number of carbonyl (C=O) groups is 2. The molecule has 0 fully saturated rings. The number of benzene rings is 1. The maximum Gasteiger partial charge on any atom is 0.286 e. The minimum absolute atomic E-state index is 0.253. The van der Waals surface area contributed by atoms with E-state index in [1.165, 1.54) is 6.92 Å². The highest BCUT2D eigenvalue weighted by atomic mass is 35.5. The molecule has 1 N–H and O–H groups in total. The van der Waals surface area contributed by atoms with Gasteiger partial charge in [-0.3, -0.25) is 9.59 Å². The third-order valence-electron chi connectivity index (χ3n) is 3.02. The van der Waals surface area contributed by atoms with E-state index in [1.807, 2.05) is 0 Å². The zero-order valence-electron chi connectivity index (χ0n) is 12.3. The second-order valence-electron chi connectivity index (χ2n) is 4.82. The Kier molecular flexibility index (Phi) is 4.80. The van der Waals surface area contributed by atoms with E-state index in [1.54, 1.807) is 36.4 Å². The van der Waals surface area contributed by atoms with Gasteiger partial charge in [-0.25, -0.2) is 0 Å². The van der Waals surface area contributed by atoms with Gasteiger partial charge < -0.3 is 9.73 Å². The first kappa shape index (κ1) is 16.8. The standard InChI is InChI=1S/C16H10Cl2N2O3S/c1-8(21)19-16-20-15(22)13(24-16)7-9-5-6-12(23-9)10-3-2-4-11(17)14(10)18/h2-7H,1H3,(H,19,20,21,22). The molecule has 2 amide bonds. The molecule has 1 aliphatic heterocycles. The summed E-state index contributed by atoms with van der Waals surface area (Å²) in [5.74, 6) is 0.289. The number of amides is 2. The maximum atomic E-state index is 11.8. The number of nitrogens with one attached hydrogen (secondary N) is 1. The highest BCUT2D eigenvalue weighted by Crippen LogP contribution is 2.35. The highest BCUT2D eigenvalue weighted by Gasteiger charge is 2.23. The first-order chi connectivity index (χ1) is 11.4. The number of nitrogens with zero attached hydrogens (tertiary/aromatic N) is 1. The second-order valence-corrected chi connectivity index (χ2v) is 6.63. The third-order valence-corrected chi connectivity index (χ3v) is 4.74. The van der Waals surface area contributed by atoms with Crippen LogP contribution in [0, 0.1) is 0 Å². The largest absolute Gasteiger partial charge is 0.457 e. The van der Waals surface area contributed by atoms with Crippen LogP contribution in [0.1, 0.15) is 12.7 Å². The summed E-state index contributed by atoms with van der Waals surface area (Å²) >= 11 is 13.3. The van der Waals surface area contributed by atoms with Crippen LogP contribution in [-0.4, -0.2) is 17.0 Å². The summed E-state index contributed by atoms with van der Waals surface area (Å²) in [6, 6.07) is 8.70. The Morgan fingerprint density at radius 2 is 2.08 bits per heavy atom. The molecule has 0 radical (unpaired) electrons. The normalized spacial score (nSPS) is 15.7. The molecule has 5 nitrogen and oxygen atoms in total. The van der Waals surface area contributed by atoms with Gasteiger partial charge in [0.25, 0.3) is 5.91 Å². The van der Waals surface area contributed by atoms with Gasteiger partial charge in [-0.15, -0.1) is 0 Å². The summed E-state index contributed by atoms with van der Waals surface area (Å²) in [5.41, 5.74) is 0.661. The van der Waals surface area contributed by atoms with E-state index in [0.29, 0.717) is 32.0 Å². The highest BCUT2D eigenvalue weighted by molar-refractivity contribution is 8.18. The zero-order chi connectivity index (χ0) is 17.3. The van der Waals surface area contributed by atoms with Gasteiger partial charge in [0, 0.05) is 18.6 Å². The number of hydrogen-bond acceptors (Lipinski definition) is 4. The van der Waals surface area contributed by atoms with Crippen molar-refractivity contribution in [2.45, 2.75) is 6.92 Å². The molecule has 0 aliphatic carbocycles. The topological polar surface area (TPSA) is 71.7 Å². The molecular formula is C16H10Cl2N2O3S. The van der Waals surface area contributed by atoms with Gasteiger partial charge in [-0.1, -0.05) is 29.3 Å². The van der Waals surface area contributed by atoms with E-state index in [4.69, 9.17) is 27.6 Å². The number of thioether (sulfide) groups is 1. The maximum absolute atomic E-state index is 11.8. The zero-order valence-corrected chi connectivity index (χ0v) is 14.6. The lowest BCUT2D eigenvalue weighted by atomic mass is 10.2. The molecule has 0 atom stereocenters. The van der Waals surface area contributed by atoms with Crippen molar-refractivity contribution < 1.29 is 14.0 Å². The molecule has 1 aromatic heterocycles. The smallest absolute Gasteiger partial charge is 0.286 e. The number of halogens is 2. The second kappa shape index (κ2) is 6.84. The lowest BCUT2D eigenvalue weighted by Gasteiger charge is -2.02. The summed E-state index contributed by atoms with van der Waals surface area (Å²) in [5, 5.41) is 3.56. The lowest BCUT2D eigenvalue weighted by molar-refractivity contribution is -0.117. The van der Waals surface area contributed by atoms with Crippen molar-refractivity contribution in [3.05, 3.63) is 51.0 Å². The summed E-state index contributed by atoms with van der Waals surface area (Å²) in [6.45, 7) is 1.35. The van der Waals surface area contributed by atoms with Crippen LogP contribution in [0.2, 0.25) is 10.0 Å². The van der Waals surface area contributed by atoms with Crippen molar-refractivity contribution in [2.75, 3.05) is 0 Å². The third kappa shape index (κ3) is 3.56. The molecule has 1 aliphatic rings. The molecule has 3 rings (SSSR count). The Morgan fingerprint density at radius 1 is 1.29 bits per heavy atom. The minimum Gasteiger partial charge on any atom is -0.457 e. The van der Waals surface area contributed by atoms with Crippen LogP contribution in [0.4, 0.5) is 0 Å². The van der Waals surface area contributed by atoms with Crippen molar-refractivity contribution >= 4 is 58.0 Å². The van der Waals surface area contributed by atoms with Crippen LogP contribution >= 0.6 is 35.0 Å². The van der Waals surface area contributed by atoms with Crippen molar-refractivity contribution in [3.63, 3.8) is 0 Å². The van der Waals surface area contributed by atoms with Gasteiger partial charge in [-0.05, 0) is 36.0 Å². The molecule has 24 heavy (non-hydrogen) atoms. The Morgan fingerprint density at radius 3 is 2.83 bits per heavy atom. The van der Waals surface area contributed by atoms with Gasteiger partial charge in [0.2, 0.25) is 5.91 Å². The molecule has 122 valence electrons. The lowest BCUT2D eigenvalue weighted by Crippen LogP contribution is -2.23. The SMILES string of the molecule is CC(=O)NC1=NC(=O)C(=Cc2ccc(-c3cccc(Cl)c3Cl)o2)S1. The molecule has 0 saturated heterocycles. The molecule has 0 bridgehead atoms. The average Bonchev–Trinajstić information content (AvgIpc) is 3.09. The van der Waals surface area contributed by atoms with Crippen LogP contribution in [0.25, 0.3) is 17.4 Å². The van der Waals surface area contributed by atoms with Crippen LogP contribution < -0.4 is 5.32 Å². The van der Waals surface area contributed by atoms with Crippen LogP contribution in [0.3, 0.4) is 0 Å². The van der Waals surface area contributed by atoms with Crippen LogP contribution in [0.5, 0.6) is 0 Å². The number of amidine groups is 1. The molecule has 2 aromatic rings. The number of hydrogen-bond donors (Lipinski definition) is 1. The number of furan rings is 1. The molecule has 2 heterocycles. The Labute approximate surface area is 151 Å². The molecule has 0 unspecified atom stereocenters. The first-order valence-electron chi connectivity index (χ1n) is 6.78. The predicted molar refractivity (Wildman–Crippen MR) is 96.0 cm³/mol. The number of aliphatic imine (C=N–C) groups is 1. The van der Waals surface area contributed by atoms with Gasteiger partial charge in [0.1, 0.15) is 11.5 Å². The minimum atomic E-state index is -0.428. The Hall–Kier alpha value is -2.02. The van der Waals surface area contributed by atoms with Gasteiger partial charge in [0.15, 0.2) is 5.17 Å². The number of carbonyl (C=O) groups excluding carboxylic acids is 2. The monoisotopic (exact) mass is 380 g/mol. The van der Waals surface area contributed by atoms with E-state index < -0.39 is 5.91 Å². The summed E-state index contributed by atoms with van der Waals surface area (Å²) in [6.07, 6.45) is 1.56. The Bertz CT molecular complexity index is 902. The molecule has 1 aromatic carbocycles. The van der Waals surface area contributed by atoms with Crippen molar-refractivity contribution in [1.82, 2.24) is 5.32 Å². The van der Waals surface area contributed by atoms with E-state index in [2.05, 4.69) is 10.3 Å². The summed E-state index contributed by atoms with van der Waals surface area (Å²) in [7, 11) is 0. The fraction of sp³-hybridized carbons (Fsp3) is 0.0625. The van der Waals surface area contributed by atoms with Crippen LogP contribution in [-0.2, 0) is 9.59 Å². The molecular weight excluding hydrogens is 371 g/mol. The van der Waals surface area contributed by atoms with Crippen molar-refractivity contribution in [3.8, 4) is 11.3 Å². The molecule has 0 saturated carbocycles. The van der Waals surface area contributed by atoms with Crippen molar-refractivity contribution in [2.24, 2.45) is 4.99 Å². The summed E-state index contributed by atoms with van der Waals surface area (Å²) < 4.78 is 5.71. The van der Waals surface area contributed by atoms with E-state index in [-0.39, 0.29) is 11.1 Å². The number of rotatable bonds is 2. The average molecular weight is 381 g/mol. The van der Waals surface area contributed by atoms with Gasteiger partial charge in [0.05, 0.1) is 15.0 Å². The van der Waals surface area contributed by atoms with Gasteiger partial charge >= 0.3 is 0 Å². The fourth-order valence-corrected chi connectivity index (χ4v) is 3.24. The van der Waals surface area contributed by atoms with Gasteiger partial charge in [-0.2, -0.15) is 4.99 Å². The molecule has 8 heteroatoms. The Balaban J connectivity index is 1.83. The summed E-state index contributed by atoms with van der Waals surface area (Å²) in [4.78, 5) is 27.0. The fourth-order valence-electron chi connectivity index (χ4n) is 2.01. The first-order valence-corrected chi connectivity index (χ1v) is 8.35. The molecule has 0 spiro atoms. The van der Waals surface area contributed by atoms with E-state index >= 15 is 0 Å². The van der Waals surface area contributed by atoms with E-state index in [0.717, 1.165) is 11.8 Å².